The first-order chi connectivity index (χ1) is 14.1. The van der Waals surface area contributed by atoms with E-state index in [4.69, 9.17) is 14.3 Å². The summed E-state index contributed by atoms with van der Waals surface area (Å²) in [4.78, 5) is 30.4. The van der Waals surface area contributed by atoms with Crippen molar-refractivity contribution in [1.82, 2.24) is 9.88 Å². The van der Waals surface area contributed by atoms with Gasteiger partial charge in [0.2, 0.25) is 0 Å². The lowest BCUT2D eigenvalue weighted by molar-refractivity contribution is -0.192. The average molecular weight is 425 g/mol. The second kappa shape index (κ2) is 8.76. The largest absolute Gasteiger partial charge is 0.490 e. The minimum absolute atomic E-state index is 0.0406. The predicted molar refractivity (Wildman–Crippen MR) is 101 cm³/mol. The molecular formula is C20H22F3N3O4. The fourth-order valence-electron chi connectivity index (χ4n) is 3.14. The van der Waals surface area contributed by atoms with Crippen molar-refractivity contribution in [2.24, 2.45) is 5.92 Å². The van der Waals surface area contributed by atoms with E-state index >= 15 is 0 Å². The van der Waals surface area contributed by atoms with Crippen LogP contribution in [0.25, 0.3) is 0 Å². The summed E-state index contributed by atoms with van der Waals surface area (Å²) in [6, 6.07) is 7.61. The molecule has 3 heterocycles. The highest BCUT2D eigenvalue weighted by Gasteiger charge is 2.38. The third kappa shape index (κ3) is 5.52. The van der Waals surface area contributed by atoms with Gasteiger partial charge in [0, 0.05) is 37.9 Å². The third-order valence-electron chi connectivity index (χ3n) is 4.82. The number of pyridine rings is 1. The number of amides is 1. The Morgan fingerprint density at radius 3 is 2.50 bits per heavy atom. The Balaban J connectivity index is 0.000000318. The van der Waals surface area contributed by atoms with Gasteiger partial charge in [0.25, 0.3) is 5.91 Å². The summed E-state index contributed by atoms with van der Waals surface area (Å²) in [5.41, 5.74) is 1.11. The molecule has 4 rings (SSSR count). The number of nitrogens with zero attached hydrogens (tertiary/aromatic N) is 3. The van der Waals surface area contributed by atoms with Gasteiger partial charge in [-0.25, -0.2) is 9.78 Å². The minimum atomic E-state index is -5.08. The number of halogens is 3. The van der Waals surface area contributed by atoms with Gasteiger partial charge in [-0.3, -0.25) is 4.79 Å². The Kier molecular flexibility index (Phi) is 6.33. The lowest BCUT2D eigenvalue weighted by Gasteiger charge is -2.23. The summed E-state index contributed by atoms with van der Waals surface area (Å²) < 4.78 is 37.2. The summed E-state index contributed by atoms with van der Waals surface area (Å²) in [6.07, 6.45) is -0.619. The highest BCUT2D eigenvalue weighted by molar-refractivity contribution is 5.91. The Bertz CT molecular complexity index is 909. The molecule has 1 saturated carbocycles. The summed E-state index contributed by atoms with van der Waals surface area (Å²) >= 11 is 0. The number of fused-ring (bicyclic) bond motifs is 1. The van der Waals surface area contributed by atoms with Gasteiger partial charge in [0.15, 0.2) is 5.76 Å². The summed E-state index contributed by atoms with van der Waals surface area (Å²) in [5, 5.41) is 7.12. The van der Waals surface area contributed by atoms with E-state index in [1.165, 1.54) is 12.8 Å². The number of rotatable bonds is 3. The van der Waals surface area contributed by atoms with Crippen LogP contribution in [0, 0.1) is 12.8 Å². The molecular weight excluding hydrogens is 403 g/mol. The third-order valence-corrected chi connectivity index (χ3v) is 4.82. The number of furan rings is 1. The average Bonchev–Trinajstić information content (AvgIpc) is 3.44. The molecule has 162 valence electrons. The molecule has 2 aromatic heterocycles. The van der Waals surface area contributed by atoms with Crippen LogP contribution in [0.4, 0.5) is 19.0 Å². The maximum atomic E-state index is 12.7. The van der Waals surface area contributed by atoms with Gasteiger partial charge in [-0.1, -0.05) is 6.07 Å². The number of aliphatic carboxylic acids is 1. The Labute approximate surface area is 171 Å². The molecule has 1 N–H and O–H groups in total. The van der Waals surface area contributed by atoms with Gasteiger partial charge in [0.05, 0.1) is 0 Å². The Morgan fingerprint density at radius 2 is 1.93 bits per heavy atom. The molecule has 2 aliphatic rings. The van der Waals surface area contributed by atoms with E-state index in [1.807, 2.05) is 30.2 Å². The van der Waals surface area contributed by atoms with Gasteiger partial charge in [-0.2, -0.15) is 13.2 Å². The highest BCUT2D eigenvalue weighted by atomic mass is 19.4. The molecule has 0 atom stereocenters. The molecule has 1 amide bonds. The number of aromatic nitrogens is 1. The van der Waals surface area contributed by atoms with Gasteiger partial charge in [-0.15, -0.1) is 0 Å². The lowest BCUT2D eigenvalue weighted by atomic mass is 10.2. The maximum Gasteiger partial charge on any atom is 0.490 e. The van der Waals surface area contributed by atoms with E-state index < -0.39 is 12.1 Å². The molecule has 1 fully saturated rings. The number of hydrogen-bond acceptors (Lipinski definition) is 5. The van der Waals surface area contributed by atoms with Crippen LogP contribution in [-0.2, 0) is 11.3 Å². The Morgan fingerprint density at radius 1 is 1.23 bits per heavy atom. The van der Waals surface area contributed by atoms with E-state index in [-0.39, 0.29) is 5.91 Å². The molecule has 30 heavy (non-hydrogen) atoms. The highest BCUT2D eigenvalue weighted by Crippen LogP contribution is 2.33. The predicted octanol–water partition coefficient (Wildman–Crippen LogP) is 3.49. The molecule has 0 radical (unpaired) electrons. The van der Waals surface area contributed by atoms with Crippen molar-refractivity contribution in [2.45, 2.75) is 32.5 Å². The molecule has 2 aromatic rings. The number of carboxylic acids is 1. The number of carboxylic acid groups (broad SMARTS) is 1. The first kappa shape index (κ1) is 21.7. The van der Waals surface area contributed by atoms with Crippen molar-refractivity contribution in [1.29, 1.82) is 0 Å². The normalized spacial score (nSPS) is 16.3. The fraction of sp³-hybridized carbons (Fsp3) is 0.450. The summed E-state index contributed by atoms with van der Waals surface area (Å²) in [7, 11) is 0. The van der Waals surface area contributed by atoms with E-state index in [0.717, 1.165) is 36.1 Å². The van der Waals surface area contributed by atoms with Crippen molar-refractivity contribution in [2.75, 3.05) is 24.5 Å². The van der Waals surface area contributed by atoms with E-state index in [0.29, 0.717) is 18.8 Å². The first-order valence-electron chi connectivity index (χ1n) is 9.50. The first-order valence-corrected chi connectivity index (χ1v) is 9.50. The zero-order chi connectivity index (χ0) is 21.9. The summed E-state index contributed by atoms with van der Waals surface area (Å²) in [5.74, 6) is 0.211. The zero-order valence-electron chi connectivity index (χ0n) is 16.4. The number of hydrogen-bond donors (Lipinski definition) is 1. The SMILES string of the molecule is Cc1ccc(C(=O)N2CCN(CC3CC3)c3ncccc3C2)o1.O=C(O)C(F)(F)F. The number of anilines is 1. The Hall–Kier alpha value is -3.04. The van der Waals surface area contributed by atoms with Crippen LogP contribution in [0.1, 0.15) is 34.7 Å². The second-order valence-corrected chi connectivity index (χ2v) is 7.32. The van der Waals surface area contributed by atoms with Crippen molar-refractivity contribution < 1.29 is 32.3 Å². The van der Waals surface area contributed by atoms with Crippen molar-refractivity contribution in [3.63, 3.8) is 0 Å². The van der Waals surface area contributed by atoms with Gasteiger partial charge < -0.3 is 19.3 Å². The van der Waals surface area contributed by atoms with Gasteiger partial charge in [-0.05, 0) is 43.9 Å². The monoisotopic (exact) mass is 425 g/mol. The van der Waals surface area contributed by atoms with Crippen LogP contribution >= 0.6 is 0 Å². The number of aryl methyl sites for hydroxylation is 1. The van der Waals surface area contributed by atoms with E-state index in [9.17, 15) is 18.0 Å². The van der Waals surface area contributed by atoms with E-state index in [1.54, 1.807) is 6.07 Å². The topological polar surface area (TPSA) is 86.9 Å². The summed E-state index contributed by atoms with van der Waals surface area (Å²) in [6.45, 7) is 5.01. The van der Waals surface area contributed by atoms with Crippen molar-refractivity contribution in [3.05, 3.63) is 47.5 Å². The number of alkyl halides is 3. The molecule has 10 heteroatoms. The molecule has 0 bridgehead atoms. The van der Waals surface area contributed by atoms with Crippen LogP contribution in [-0.4, -0.2) is 52.7 Å². The van der Waals surface area contributed by atoms with Crippen LogP contribution in [0.5, 0.6) is 0 Å². The molecule has 7 nitrogen and oxygen atoms in total. The molecule has 0 aromatic carbocycles. The molecule has 1 aliphatic carbocycles. The minimum Gasteiger partial charge on any atom is -0.475 e. The second-order valence-electron chi connectivity index (χ2n) is 7.32. The van der Waals surface area contributed by atoms with Crippen LogP contribution in [0.15, 0.2) is 34.9 Å². The number of carbonyl (C=O) groups is 2. The van der Waals surface area contributed by atoms with Gasteiger partial charge in [0.1, 0.15) is 11.6 Å². The maximum absolute atomic E-state index is 12.7. The van der Waals surface area contributed by atoms with Crippen LogP contribution in [0.2, 0.25) is 0 Å². The van der Waals surface area contributed by atoms with Crippen LogP contribution < -0.4 is 4.90 Å². The molecule has 0 unspecified atom stereocenters. The zero-order valence-corrected chi connectivity index (χ0v) is 16.4. The van der Waals surface area contributed by atoms with E-state index in [2.05, 4.69) is 16.0 Å². The van der Waals surface area contributed by atoms with Crippen molar-refractivity contribution >= 4 is 17.7 Å². The smallest absolute Gasteiger partial charge is 0.475 e. The lowest BCUT2D eigenvalue weighted by Crippen LogP contribution is -2.36. The molecule has 0 saturated heterocycles. The molecule has 0 spiro atoms. The standard InChI is InChI=1S/C18H21N3O2.C2HF3O2/c1-13-4-7-16(23-13)18(22)21-10-9-20(11-14-5-6-14)17-15(12-21)3-2-8-19-17;3-2(4,5)1(6)7/h2-4,7-8,14H,5-6,9-12H2,1H3;(H,6,7). The van der Waals surface area contributed by atoms with Crippen molar-refractivity contribution in [3.8, 4) is 0 Å². The quantitative estimate of drug-likeness (QED) is 0.810. The van der Waals surface area contributed by atoms with Gasteiger partial charge >= 0.3 is 12.1 Å². The van der Waals surface area contributed by atoms with Crippen LogP contribution in [0.3, 0.4) is 0 Å². The number of carbonyl (C=O) groups excluding carboxylic acids is 1. The fourth-order valence-corrected chi connectivity index (χ4v) is 3.14. The molecule has 1 aliphatic heterocycles.